The number of esters is 1. The number of fused-ring (bicyclic) bond motifs is 2. The summed E-state index contributed by atoms with van der Waals surface area (Å²) in [7, 11) is 0. The van der Waals surface area contributed by atoms with E-state index in [4.69, 9.17) is 4.74 Å². The van der Waals surface area contributed by atoms with Crippen LogP contribution in [0.25, 0.3) is 10.9 Å². The highest BCUT2D eigenvalue weighted by Crippen LogP contribution is 2.40. The Labute approximate surface area is 244 Å². The lowest BCUT2D eigenvalue weighted by atomic mass is 10.1. The fourth-order valence-electron chi connectivity index (χ4n) is 4.86. The minimum atomic E-state index is -0.507. The van der Waals surface area contributed by atoms with Crippen molar-refractivity contribution in [1.82, 2.24) is 9.88 Å². The maximum absolute atomic E-state index is 13.0. The van der Waals surface area contributed by atoms with E-state index < -0.39 is 10.9 Å². The van der Waals surface area contributed by atoms with Gasteiger partial charge in [0.2, 0.25) is 5.91 Å². The Morgan fingerprint density at radius 1 is 1.12 bits per heavy atom. The highest BCUT2D eigenvalue weighted by Gasteiger charge is 2.28. The largest absolute Gasteiger partial charge is 0.462 e. The minimum absolute atomic E-state index is 0.0717. The predicted octanol–water partition coefficient (Wildman–Crippen LogP) is 5.44. The van der Waals surface area contributed by atoms with Gasteiger partial charge in [0, 0.05) is 57.7 Å². The van der Waals surface area contributed by atoms with Crippen LogP contribution < -0.4 is 10.6 Å². The molecule has 0 unspecified atom stereocenters. The van der Waals surface area contributed by atoms with E-state index in [-0.39, 0.29) is 29.9 Å². The molecule has 1 aliphatic carbocycles. The van der Waals surface area contributed by atoms with Crippen LogP contribution in [-0.4, -0.2) is 46.2 Å². The first-order valence-electron chi connectivity index (χ1n) is 13.2. The number of rotatable bonds is 11. The summed E-state index contributed by atoms with van der Waals surface area (Å²) < 4.78 is 7.28. The van der Waals surface area contributed by atoms with Crippen molar-refractivity contribution in [3.05, 3.63) is 86.4 Å². The zero-order chi connectivity index (χ0) is 28.9. The molecule has 2 heterocycles. The summed E-state index contributed by atoms with van der Waals surface area (Å²) in [5, 5.41) is 18.2. The van der Waals surface area contributed by atoms with Crippen molar-refractivity contribution in [2.75, 3.05) is 24.2 Å². The first-order valence-corrected chi connectivity index (χ1v) is 15.0. The third kappa shape index (κ3) is 6.28. The number of nitro benzene ring substituents is 1. The van der Waals surface area contributed by atoms with Crippen molar-refractivity contribution in [2.24, 2.45) is 0 Å². The van der Waals surface area contributed by atoms with Crippen molar-refractivity contribution >= 4 is 62.5 Å². The second kappa shape index (κ2) is 12.6. The van der Waals surface area contributed by atoms with Crippen LogP contribution in [0.3, 0.4) is 0 Å². The number of carbonyl (C=O) groups is 3. The number of nitrogens with one attached hydrogen (secondary N) is 2. The van der Waals surface area contributed by atoms with Gasteiger partial charge in [-0.25, -0.2) is 4.79 Å². The Hall–Kier alpha value is -4.16. The molecule has 0 radical (unpaired) electrons. The fourth-order valence-corrected chi connectivity index (χ4v) is 7.04. The molecule has 0 bridgehead atoms. The Kier molecular flexibility index (Phi) is 8.70. The molecule has 0 atom stereocenters. The van der Waals surface area contributed by atoms with E-state index in [1.807, 2.05) is 35.0 Å². The molecular formula is C29H28N4O6S2. The zero-order valence-corrected chi connectivity index (χ0v) is 23.9. The summed E-state index contributed by atoms with van der Waals surface area (Å²) >= 11 is 2.87. The van der Waals surface area contributed by atoms with Crippen LogP contribution in [0.5, 0.6) is 0 Å². The lowest BCUT2D eigenvalue weighted by Crippen LogP contribution is -2.27. The van der Waals surface area contributed by atoms with Gasteiger partial charge in [0.15, 0.2) is 0 Å². The predicted molar refractivity (Wildman–Crippen MR) is 159 cm³/mol. The molecule has 41 heavy (non-hydrogen) atoms. The number of carbonyl (C=O) groups excluding carboxylic acids is 3. The number of hydrogen-bond donors (Lipinski definition) is 2. The van der Waals surface area contributed by atoms with Gasteiger partial charge in [0.1, 0.15) is 5.00 Å². The minimum Gasteiger partial charge on any atom is -0.462 e. The number of benzene rings is 2. The first kappa shape index (κ1) is 28.4. The second-order valence-electron chi connectivity index (χ2n) is 9.38. The number of para-hydroxylation sites is 1. The molecule has 1 aliphatic rings. The van der Waals surface area contributed by atoms with Crippen LogP contribution in [0.15, 0.2) is 59.6 Å². The molecule has 5 rings (SSSR count). The van der Waals surface area contributed by atoms with Crippen LogP contribution >= 0.6 is 23.1 Å². The van der Waals surface area contributed by atoms with Crippen LogP contribution in [-0.2, 0) is 28.9 Å². The molecule has 0 fully saturated rings. The molecule has 0 aliphatic heterocycles. The number of nitrogens with zero attached hydrogens (tertiary/aromatic N) is 2. The lowest BCUT2D eigenvalue weighted by molar-refractivity contribution is -0.384. The molecule has 2 amide bonds. The summed E-state index contributed by atoms with van der Waals surface area (Å²) in [6, 6.07) is 13.3. The molecule has 0 saturated carbocycles. The normalized spacial score (nSPS) is 12.2. The summed E-state index contributed by atoms with van der Waals surface area (Å²) in [6.07, 6.45) is 4.69. The molecule has 4 aromatic rings. The maximum atomic E-state index is 13.0. The summed E-state index contributed by atoms with van der Waals surface area (Å²) in [5.74, 6) is -0.744. The van der Waals surface area contributed by atoms with E-state index in [2.05, 4.69) is 10.6 Å². The van der Waals surface area contributed by atoms with Gasteiger partial charge in [0.25, 0.3) is 11.6 Å². The van der Waals surface area contributed by atoms with E-state index >= 15 is 0 Å². The van der Waals surface area contributed by atoms with Crippen molar-refractivity contribution in [3.63, 3.8) is 0 Å². The highest BCUT2D eigenvalue weighted by molar-refractivity contribution is 8.00. The van der Waals surface area contributed by atoms with Gasteiger partial charge in [-0.2, -0.15) is 0 Å². The Morgan fingerprint density at radius 3 is 2.66 bits per heavy atom. The summed E-state index contributed by atoms with van der Waals surface area (Å²) in [6.45, 7) is 2.88. The zero-order valence-electron chi connectivity index (χ0n) is 22.3. The SMILES string of the molecule is CCOC(=O)c1c(NC(=O)CSc2cn(CCNC(=O)c3ccc([N+](=O)[O-])cc3)c3ccccc23)sc2c1CCC2. The monoisotopic (exact) mass is 592 g/mol. The molecule has 12 heteroatoms. The number of nitro groups is 1. The number of thioether (sulfide) groups is 1. The summed E-state index contributed by atoms with van der Waals surface area (Å²) in [5.41, 5.74) is 2.74. The van der Waals surface area contributed by atoms with Crippen LogP contribution in [0, 0.1) is 10.1 Å². The van der Waals surface area contributed by atoms with Gasteiger partial charge in [-0.05, 0) is 49.9 Å². The number of thiophene rings is 1. The second-order valence-corrected chi connectivity index (χ2v) is 11.5. The number of non-ortho nitro benzene ring substituents is 1. The number of anilines is 1. The molecule has 0 spiro atoms. The van der Waals surface area contributed by atoms with Crippen LogP contribution in [0.4, 0.5) is 10.7 Å². The third-order valence-corrected chi connectivity index (χ3v) is 8.99. The van der Waals surface area contributed by atoms with Crippen LogP contribution in [0.1, 0.15) is 44.5 Å². The van der Waals surface area contributed by atoms with Gasteiger partial charge in [-0.3, -0.25) is 19.7 Å². The molecule has 212 valence electrons. The molecular weight excluding hydrogens is 564 g/mol. The van der Waals surface area contributed by atoms with Gasteiger partial charge in [-0.15, -0.1) is 23.1 Å². The highest BCUT2D eigenvalue weighted by atomic mass is 32.2. The van der Waals surface area contributed by atoms with Crippen molar-refractivity contribution in [1.29, 1.82) is 0 Å². The molecule has 2 aromatic heterocycles. The van der Waals surface area contributed by atoms with E-state index in [0.717, 1.165) is 45.5 Å². The molecule has 10 nitrogen and oxygen atoms in total. The Bertz CT molecular complexity index is 1630. The van der Waals surface area contributed by atoms with Crippen LogP contribution in [0.2, 0.25) is 0 Å². The standard InChI is InChI=1S/C29H28N4O6S2/c1-2-39-29(36)26-21-7-5-9-23(21)41-28(26)31-25(34)17-40-24-16-32(22-8-4-3-6-20(22)24)15-14-30-27(35)18-10-12-19(13-11-18)33(37)38/h3-4,6,8,10-13,16H,2,5,7,9,14-15,17H2,1H3,(H,30,35)(H,31,34). The van der Waals surface area contributed by atoms with E-state index in [1.165, 1.54) is 47.4 Å². The number of hydrogen-bond acceptors (Lipinski definition) is 8. The first-order chi connectivity index (χ1) is 19.9. The number of aryl methyl sites for hydroxylation is 1. The van der Waals surface area contributed by atoms with E-state index in [1.54, 1.807) is 6.92 Å². The van der Waals surface area contributed by atoms with E-state index in [0.29, 0.717) is 29.2 Å². The quantitative estimate of drug-likeness (QED) is 0.103. The molecule has 0 saturated heterocycles. The van der Waals surface area contributed by atoms with Crippen molar-refractivity contribution < 1.29 is 24.0 Å². The fraction of sp³-hybridized carbons (Fsp3) is 0.276. The smallest absolute Gasteiger partial charge is 0.341 e. The number of ether oxygens (including phenoxy) is 1. The number of amides is 2. The van der Waals surface area contributed by atoms with Gasteiger partial charge in [-0.1, -0.05) is 18.2 Å². The van der Waals surface area contributed by atoms with Crippen molar-refractivity contribution in [2.45, 2.75) is 37.6 Å². The van der Waals surface area contributed by atoms with Crippen molar-refractivity contribution in [3.8, 4) is 0 Å². The maximum Gasteiger partial charge on any atom is 0.341 e. The van der Waals surface area contributed by atoms with E-state index in [9.17, 15) is 24.5 Å². The summed E-state index contributed by atoms with van der Waals surface area (Å²) in [4.78, 5) is 50.5. The molecule has 2 N–H and O–H groups in total. The Balaban J connectivity index is 1.22. The van der Waals surface area contributed by atoms with Gasteiger partial charge in [0.05, 0.1) is 22.8 Å². The Morgan fingerprint density at radius 2 is 1.90 bits per heavy atom. The lowest BCUT2D eigenvalue weighted by Gasteiger charge is -2.08. The average Bonchev–Trinajstić information content (AvgIpc) is 3.65. The van der Waals surface area contributed by atoms with Gasteiger partial charge >= 0.3 is 5.97 Å². The number of aromatic nitrogens is 1. The topological polar surface area (TPSA) is 133 Å². The van der Waals surface area contributed by atoms with Gasteiger partial charge < -0.3 is 19.9 Å². The third-order valence-electron chi connectivity index (χ3n) is 6.74. The molecule has 2 aromatic carbocycles. The average molecular weight is 593 g/mol.